The minimum absolute atomic E-state index is 0.0831. The Balaban J connectivity index is 2.03. The molecule has 0 heterocycles. The molecule has 0 aromatic heterocycles. The maximum Gasteiger partial charge on any atom is 0.371 e. The monoisotopic (exact) mass is 438 g/mol. The molecule has 6 nitrogen and oxygen atoms in total. The van der Waals surface area contributed by atoms with E-state index in [2.05, 4.69) is 12.2 Å². The van der Waals surface area contributed by atoms with Crippen LogP contribution in [0.5, 0.6) is 0 Å². The van der Waals surface area contributed by atoms with E-state index in [1.807, 2.05) is 48.5 Å². The predicted octanol–water partition coefficient (Wildman–Crippen LogP) is 5.93. The van der Waals surface area contributed by atoms with E-state index < -0.39 is 5.97 Å². The highest BCUT2D eigenvalue weighted by molar-refractivity contribution is 5.92. The molecule has 2 N–H and O–H groups in total. The molecule has 0 unspecified atom stereocenters. The van der Waals surface area contributed by atoms with Gasteiger partial charge in [0.1, 0.15) is 0 Å². The van der Waals surface area contributed by atoms with Crippen LogP contribution in [0.1, 0.15) is 51.5 Å². The number of carboxylic acids is 1. The summed E-state index contributed by atoms with van der Waals surface area (Å²) in [6.07, 6.45) is 7.30. The van der Waals surface area contributed by atoms with Crippen molar-refractivity contribution < 1.29 is 19.4 Å². The van der Waals surface area contributed by atoms with Crippen molar-refractivity contribution in [2.45, 2.75) is 46.0 Å². The van der Waals surface area contributed by atoms with Crippen LogP contribution in [0.25, 0.3) is 17.2 Å². The zero-order valence-corrected chi connectivity index (χ0v) is 19.3. The first-order chi connectivity index (χ1) is 15.5. The summed E-state index contributed by atoms with van der Waals surface area (Å²) >= 11 is 0. The van der Waals surface area contributed by atoms with Gasteiger partial charge in [0, 0.05) is 19.3 Å². The highest BCUT2D eigenvalue weighted by atomic mass is 16.5. The van der Waals surface area contributed by atoms with Gasteiger partial charge < -0.3 is 15.2 Å². The topological polar surface area (TPSA) is 78.9 Å². The summed E-state index contributed by atoms with van der Waals surface area (Å²) in [7, 11) is 1.76. The van der Waals surface area contributed by atoms with Crippen LogP contribution < -0.4 is 10.2 Å². The number of rotatable bonds is 12. The minimum atomic E-state index is -1.09. The smallest absolute Gasteiger partial charge is 0.371 e. The van der Waals surface area contributed by atoms with Crippen molar-refractivity contribution in [3.63, 3.8) is 0 Å². The Morgan fingerprint density at radius 2 is 1.72 bits per heavy atom. The molecule has 0 bridgehead atoms. The molecule has 0 fully saturated rings. The van der Waals surface area contributed by atoms with Gasteiger partial charge in [0.05, 0.1) is 6.61 Å². The van der Waals surface area contributed by atoms with E-state index >= 15 is 0 Å². The number of benzene rings is 2. The maximum atomic E-state index is 12.5. The summed E-state index contributed by atoms with van der Waals surface area (Å²) in [5.41, 5.74) is 3.49. The van der Waals surface area contributed by atoms with Gasteiger partial charge in [-0.1, -0.05) is 69.0 Å². The molecule has 0 atom stereocenters. The fourth-order valence-electron chi connectivity index (χ4n) is 3.30. The first-order valence-electron chi connectivity index (χ1n) is 11.3. The third-order valence-corrected chi connectivity index (χ3v) is 5.15. The standard InChI is InChI=1S/C26H34N2O4/c1-4-6-7-8-9-17-27-26(31)28(3)23-12-10-11-22(19-23)21-15-13-20(14-16-21)18-24(25(29)30)32-5-2/h10-16,18-19H,4-9,17H2,1-3H3,(H,27,31)(H,29,30)/b24-18+. The normalized spacial score (nSPS) is 11.2. The summed E-state index contributed by atoms with van der Waals surface area (Å²) in [5.74, 6) is -1.17. The summed E-state index contributed by atoms with van der Waals surface area (Å²) < 4.78 is 5.16. The quantitative estimate of drug-likeness (QED) is 0.244. The number of aliphatic carboxylic acids is 1. The van der Waals surface area contributed by atoms with Gasteiger partial charge in [0.25, 0.3) is 0 Å². The molecule has 2 rings (SSSR count). The highest BCUT2D eigenvalue weighted by Crippen LogP contribution is 2.25. The molecule has 32 heavy (non-hydrogen) atoms. The number of hydrogen-bond acceptors (Lipinski definition) is 3. The van der Waals surface area contributed by atoms with Crippen molar-refractivity contribution in [1.29, 1.82) is 0 Å². The summed E-state index contributed by atoms with van der Waals surface area (Å²) in [6, 6.07) is 15.2. The van der Waals surface area contributed by atoms with Crippen molar-refractivity contribution in [3.8, 4) is 11.1 Å². The first kappa shape index (κ1) is 25.0. The largest absolute Gasteiger partial charge is 0.487 e. The van der Waals surface area contributed by atoms with Crippen LogP contribution in [0.15, 0.2) is 54.3 Å². The van der Waals surface area contributed by atoms with Crippen molar-refractivity contribution in [2.75, 3.05) is 25.1 Å². The summed E-state index contributed by atoms with van der Waals surface area (Å²) in [5, 5.41) is 12.2. The maximum absolute atomic E-state index is 12.5. The molecular formula is C26H34N2O4. The van der Waals surface area contributed by atoms with Gasteiger partial charge in [-0.05, 0) is 48.2 Å². The number of carboxylic acid groups (broad SMARTS) is 1. The number of hydrogen-bond donors (Lipinski definition) is 2. The van der Waals surface area contributed by atoms with Crippen LogP contribution in [0.3, 0.4) is 0 Å². The average Bonchev–Trinajstić information content (AvgIpc) is 2.81. The van der Waals surface area contributed by atoms with Crippen LogP contribution in [0.2, 0.25) is 0 Å². The van der Waals surface area contributed by atoms with Gasteiger partial charge in [-0.2, -0.15) is 0 Å². The van der Waals surface area contributed by atoms with Crippen LogP contribution >= 0.6 is 0 Å². The van der Waals surface area contributed by atoms with Gasteiger partial charge in [0.15, 0.2) is 0 Å². The Bertz CT molecular complexity index is 906. The van der Waals surface area contributed by atoms with E-state index in [1.165, 1.54) is 25.3 Å². The van der Waals surface area contributed by atoms with Gasteiger partial charge in [-0.3, -0.25) is 4.90 Å². The van der Waals surface area contributed by atoms with Gasteiger partial charge >= 0.3 is 12.0 Å². The second-order valence-electron chi connectivity index (χ2n) is 7.62. The van der Waals surface area contributed by atoms with Gasteiger partial charge in [-0.25, -0.2) is 9.59 Å². The van der Waals surface area contributed by atoms with Gasteiger partial charge in [-0.15, -0.1) is 0 Å². The predicted molar refractivity (Wildman–Crippen MR) is 130 cm³/mol. The average molecular weight is 439 g/mol. The Kier molecular flexibility index (Phi) is 10.3. The zero-order valence-electron chi connectivity index (χ0n) is 19.3. The van der Waals surface area contributed by atoms with E-state index in [0.717, 1.165) is 35.2 Å². The van der Waals surface area contributed by atoms with Gasteiger partial charge in [0.2, 0.25) is 5.76 Å². The number of ether oxygens (including phenoxy) is 1. The molecule has 2 amide bonds. The minimum Gasteiger partial charge on any atom is -0.487 e. The van der Waals surface area contributed by atoms with Crippen molar-refractivity contribution in [1.82, 2.24) is 5.32 Å². The lowest BCUT2D eigenvalue weighted by Crippen LogP contribution is -2.37. The number of urea groups is 1. The third-order valence-electron chi connectivity index (χ3n) is 5.15. The molecule has 0 saturated carbocycles. The number of carbonyl (C=O) groups excluding carboxylic acids is 1. The van der Waals surface area contributed by atoms with Crippen molar-refractivity contribution >= 4 is 23.8 Å². The molecule has 2 aromatic rings. The number of amides is 2. The fraction of sp³-hybridized carbons (Fsp3) is 0.385. The Labute approximate surface area is 190 Å². The van der Waals surface area contributed by atoms with Crippen LogP contribution in [-0.4, -0.2) is 37.3 Å². The lowest BCUT2D eigenvalue weighted by Gasteiger charge is -2.19. The molecule has 6 heteroatoms. The molecule has 0 radical (unpaired) electrons. The molecule has 2 aromatic carbocycles. The lowest BCUT2D eigenvalue weighted by molar-refractivity contribution is -0.136. The Morgan fingerprint density at radius 1 is 1.00 bits per heavy atom. The number of unbranched alkanes of at least 4 members (excludes halogenated alkanes) is 4. The lowest BCUT2D eigenvalue weighted by atomic mass is 10.0. The van der Waals surface area contributed by atoms with E-state index in [4.69, 9.17) is 4.74 Å². The van der Waals surface area contributed by atoms with Crippen LogP contribution in [-0.2, 0) is 9.53 Å². The molecular weight excluding hydrogens is 404 g/mol. The number of nitrogens with zero attached hydrogens (tertiary/aromatic N) is 1. The van der Waals surface area contributed by atoms with E-state index in [0.29, 0.717) is 13.2 Å². The fourth-order valence-corrected chi connectivity index (χ4v) is 3.30. The number of anilines is 1. The van der Waals surface area contributed by atoms with E-state index in [-0.39, 0.29) is 11.8 Å². The number of nitrogens with one attached hydrogen (secondary N) is 1. The van der Waals surface area contributed by atoms with Crippen LogP contribution in [0, 0.1) is 0 Å². The molecule has 0 aliphatic carbocycles. The zero-order chi connectivity index (χ0) is 23.3. The van der Waals surface area contributed by atoms with E-state index in [1.54, 1.807) is 18.9 Å². The SMILES string of the molecule is CCCCCCCNC(=O)N(C)c1cccc(-c2ccc(/C=C(/OCC)C(=O)O)cc2)c1. The van der Waals surface area contributed by atoms with E-state index in [9.17, 15) is 14.7 Å². The highest BCUT2D eigenvalue weighted by Gasteiger charge is 2.11. The molecule has 0 aliphatic rings. The molecule has 0 saturated heterocycles. The van der Waals surface area contributed by atoms with Crippen molar-refractivity contribution in [2.24, 2.45) is 0 Å². The second kappa shape index (κ2) is 13.2. The molecule has 0 spiro atoms. The Hall–Kier alpha value is -3.28. The van der Waals surface area contributed by atoms with Crippen LogP contribution in [0.4, 0.5) is 10.5 Å². The second-order valence-corrected chi connectivity index (χ2v) is 7.62. The Morgan fingerprint density at radius 3 is 2.38 bits per heavy atom. The molecule has 0 aliphatic heterocycles. The molecule has 172 valence electrons. The third kappa shape index (κ3) is 7.76. The van der Waals surface area contributed by atoms with Crippen molar-refractivity contribution in [3.05, 3.63) is 59.9 Å². The summed E-state index contributed by atoms with van der Waals surface area (Å²) in [6.45, 7) is 4.91. The number of carbonyl (C=O) groups is 2. The summed E-state index contributed by atoms with van der Waals surface area (Å²) in [4.78, 5) is 25.3. The first-order valence-corrected chi connectivity index (χ1v) is 11.3.